The number of amides is 1. The standard InChI is InChI=1S/C14H17N5O4/c1-3-14(2,13(21)22)18-9(20)5-6-10-17-12(19-23-10)11-15-7-4-8-16-11/h4,7-8H,3,5-6H2,1-2H3,(H,18,20)(H,21,22). The van der Waals surface area contributed by atoms with E-state index in [0.29, 0.717) is 5.82 Å². The lowest BCUT2D eigenvalue weighted by Crippen LogP contribution is -2.51. The molecular weight excluding hydrogens is 302 g/mol. The quantitative estimate of drug-likeness (QED) is 0.767. The van der Waals surface area contributed by atoms with Gasteiger partial charge in [-0.1, -0.05) is 12.1 Å². The van der Waals surface area contributed by atoms with Crippen molar-refractivity contribution in [3.63, 3.8) is 0 Å². The second-order valence-electron chi connectivity index (χ2n) is 5.12. The maximum Gasteiger partial charge on any atom is 0.329 e. The number of carboxylic acid groups (broad SMARTS) is 1. The Morgan fingerprint density at radius 1 is 1.30 bits per heavy atom. The molecule has 23 heavy (non-hydrogen) atoms. The van der Waals surface area contributed by atoms with Gasteiger partial charge in [0.15, 0.2) is 0 Å². The molecule has 2 aromatic heterocycles. The highest BCUT2D eigenvalue weighted by Crippen LogP contribution is 2.12. The van der Waals surface area contributed by atoms with Crippen molar-refractivity contribution in [2.24, 2.45) is 0 Å². The first kappa shape index (κ1) is 16.5. The minimum atomic E-state index is -1.28. The van der Waals surface area contributed by atoms with Gasteiger partial charge >= 0.3 is 5.97 Å². The Kier molecular flexibility index (Phi) is 4.99. The number of carbonyl (C=O) groups is 2. The molecule has 122 valence electrons. The van der Waals surface area contributed by atoms with Gasteiger partial charge < -0.3 is 14.9 Å². The van der Waals surface area contributed by atoms with Crippen LogP contribution in [0.5, 0.6) is 0 Å². The van der Waals surface area contributed by atoms with Crippen LogP contribution in [0.2, 0.25) is 0 Å². The third-order valence-corrected chi connectivity index (χ3v) is 3.39. The SMILES string of the molecule is CCC(C)(NC(=O)CCc1nc(-c2ncccn2)no1)C(=O)O. The minimum absolute atomic E-state index is 0.0418. The molecule has 0 spiro atoms. The van der Waals surface area contributed by atoms with E-state index in [1.54, 1.807) is 25.4 Å². The average Bonchev–Trinajstić information content (AvgIpc) is 3.02. The number of nitrogens with one attached hydrogen (secondary N) is 1. The van der Waals surface area contributed by atoms with E-state index in [1.165, 1.54) is 6.92 Å². The van der Waals surface area contributed by atoms with E-state index in [2.05, 4.69) is 25.4 Å². The maximum atomic E-state index is 11.9. The lowest BCUT2D eigenvalue weighted by molar-refractivity contribution is -0.147. The average molecular weight is 319 g/mol. The normalized spacial score (nSPS) is 13.3. The third-order valence-electron chi connectivity index (χ3n) is 3.39. The molecule has 2 rings (SSSR count). The molecular formula is C14H17N5O4. The summed E-state index contributed by atoms with van der Waals surface area (Å²) in [5.41, 5.74) is -1.28. The Morgan fingerprint density at radius 2 is 2.00 bits per heavy atom. The van der Waals surface area contributed by atoms with Crippen LogP contribution in [0.15, 0.2) is 23.0 Å². The Hall–Kier alpha value is -2.84. The molecule has 0 aromatic carbocycles. The molecule has 0 bridgehead atoms. The predicted molar refractivity (Wildman–Crippen MR) is 78.1 cm³/mol. The summed E-state index contributed by atoms with van der Waals surface area (Å²) in [5, 5.41) is 15.4. The van der Waals surface area contributed by atoms with E-state index in [-0.39, 0.29) is 31.0 Å². The fourth-order valence-corrected chi connectivity index (χ4v) is 1.75. The zero-order valence-corrected chi connectivity index (χ0v) is 12.8. The number of aliphatic carboxylic acids is 1. The first-order valence-electron chi connectivity index (χ1n) is 7.09. The highest BCUT2D eigenvalue weighted by atomic mass is 16.5. The van der Waals surface area contributed by atoms with Crippen LogP contribution in [0.4, 0.5) is 0 Å². The lowest BCUT2D eigenvalue weighted by atomic mass is 9.99. The van der Waals surface area contributed by atoms with Crippen LogP contribution in [0.1, 0.15) is 32.6 Å². The van der Waals surface area contributed by atoms with Crippen LogP contribution in [0, 0.1) is 0 Å². The monoisotopic (exact) mass is 319 g/mol. The number of carbonyl (C=O) groups excluding carboxylic acids is 1. The van der Waals surface area contributed by atoms with Gasteiger partial charge in [0.1, 0.15) is 5.54 Å². The molecule has 0 fully saturated rings. The van der Waals surface area contributed by atoms with Crippen molar-refractivity contribution in [1.29, 1.82) is 0 Å². The van der Waals surface area contributed by atoms with Crippen LogP contribution in [0.3, 0.4) is 0 Å². The number of rotatable bonds is 7. The molecule has 0 saturated carbocycles. The summed E-state index contributed by atoms with van der Waals surface area (Å²) < 4.78 is 5.04. The van der Waals surface area contributed by atoms with Crippen LogP contribution < -0.4 is 5.32 Å². The number of aromatic nitrogens is 4. The van der Waals surface area contributed by atoms with E-state index < -0.39 is 17.4 Å². The highest BCUT2D eigenvalue weighted by Gasteiger charge is 2.32. The minimum Gasteiger partial charge on any atom is -0.480 e. The van der Waals surface area contributed by atoms with E-state index in [1.807, 2.05) is 0 Å². The fourth-order valence-electron chi connectivity index (χ4n) is 1.75. The molecule has 2 aromatic rings. The smallest absolute Gasteiger partial charge is 0.329 e. The Bertz CT molecular complexity index is 687. The summed E-state index contributed by atoms with van der Waals surface area (Å²) in [6, 6.07) is 1.67. The molecule has 1 atom stereocenters. The molecule has 2 heterocycles. The van der Waals surface area contributed by atoms with Gasteiger partial charge in [-0.3, -0.25) is 4.79 Å². The van der Waals surface area contributed by atoms with Crippen molar-refractivity contribution in [3.05, 3.63) is 24.4 Å². The largest absolute Gasteiger partial charge is 0.480 e. The predicted octanol–water partition coefficient (Wildman–Crippen LogP) is 0.829. The van der Waals surface area contributed by atoms with Crippen molar-refractivity contribution in [3.8, 4) is 11.6 Å². The summed E-state index contributed by atoms with van der Waals surface area (Å²) in [4.78, 5) is 35.1. The van der Waals surface area contributed by atoms with Gasteiger partial charge in [0.25, 0.3) is 0 Å². The number of hydrogen-bond donors (Lipinski definition) is 2. The molecule has 1 amide bonds. The third kappa shape index (κ3) is 4.09. The molecule has 9 heteroatoms. The first-order valence-corrected chi connectivity index (χ1v) is 7.09. The van der Waals surface area contributed by atoms with Gasteiger partial charge in [0.05, 0.1) is 0 Å². The summed E-state index contributed by atoms with van der Waals surface area (Å²) in [6.45, 7) is 3.16. The fraction of sp³-hybridized carbons (Fsp3) is 0.429. The van der Waals surface area contributed by atoms with Crippen molar-refractivity contribution in [2.75, 3.05) is 0 Å². The van der Waals surface area contributed by atoms with Gasteiger partial charge in [0, 0.05) is 25.2 Å². The van der Waals surface area contributed by atoms with Gasteiger partial charge in [0.2, 0.25) is 23.4 Å². The molecule has 0 saturated heterocycles. The lowest BCUT2D eigenvalue weighted by Gasteiger charge is -2.24. The molecule has 9 nitrogen and oxygen atoms in total. The Morgan fingerprint density at radius 3 is 2.61 bits per heavy atom. The zero-order chi connectivity index (χ0) is 16.9. The van der Waals surface area contributed by atoms with Gasteiger partial charge in [-0.05, 0) is 19.4 Å². The second-order valence-corrected chi connectivity index (χ2v) is 5.12. The summed E-state index contributed by atoms with van der Waals surface area (Å²) >= 11 is 0. The number of hydrogen-bond acceptors (Lipinski definition) is 7. The first-order chi connectivity index (χ1) is 10.9. The Labute approximate surface area is 132 Å². The second kappa shape index (κ2) is 6.95. The summed E-state index contributed by atoms with van der Waals surface area (Å²) in [6.07, 6.45) is 3.64. The summed E-state index contributed by atoms with van der Waals surface area (Å²) in [5.74, 6) is -0.639. The van der Waals surface area contributed by atoms with Crippen LogP contribution in [-0.2, 0) is 16.0 Å². The van der Waals surface area contributed by atoms with E-state index >= 15 is 0 Å². The number of carboxylic acids is 1. The molecule has 0 aliphatic carbocycles. The Balaban J connectivity index is 1.93. The summed E-state index contributed by atoms with van der Waals surface area (Å²) in [7, 11) is 0. The molecule has 2 N–H and O–H groups in total. The van der Waals surface area contributed by atoms with Gasteiger partial charge in [-0.25, -0.2) is 14.8 Å². The number of aryl methyl sites for hydroxylation is 1. The highest BCUT2D eigenvalue weighted by molar-refractivity contribution is 5.86. The van der Waals surface area contributed by atoms with E-state index in [4.69, 9.17) is 9.63 Å². The van der Waals surface area contributed by atoms with E-state index in [0.717, 1.165) is 0 Å². The van der Waals surface area contributed by atoms with E-state index in [9.17, 15) is 9.59 Å². The molecule has 0 aliphatic heterocycles. The maximum absolute atomic E-state index is 11.9. The van der Waals surface area contributed by atoms with Crippen molar-refractivity contribution >= 4 is 11.9 Å². The van der Waals surface area contributed by atoms with Crippen molar-refractivity contribution < 1.29 is 19.2 Å². The molecule has 0 radical (unpaired) electrons. The van der Waals surface area contributed by atoms with Crippen LogP contribution in [0.25, 0.3) is 11.6 Å². The van der Waals surface area contributed by atoms with Gasteiger partial charge in [-0.2, -0.15) is 4.98 Å². The van der Waals surface area contributed by atoms with Gasteiger partial charge in [-0.15, -0.1) is 0 Å². The zero-order valence-electron chi connectivity index (χ0n) is 12.8. The van der Waals surface area contributed by atoms with Crippen molar-refractivity contribution in [1.82, 2.24) is 25.4 Å². The number of nitrogens with zero attached hydrogens (tertiary/aromatic N) is 4. The topological polar surface area (TPSA) is 131 Å². The van der Waals surface area contributed by atoms with Crippen LogP contribution >= 0.6 is 0 Å². The molecule has 1 unspecified atom stereocenters. The van der Waals surface area contributed by atoms with Crippen LogP contribution in [-0.4, -0.2) is 42.6 Å². The molecule has 0 aliphatic rings. The van der Waals surface area contributed by atoms with Crippen molar-refractivity contribution in [2.45, 2.75) is 38.6 Å².